The van der Waals surface area contributed by atoms with Crippen molar-refractivity contribution < 1.29 is 92.3 Å². The van der Waals surface area contributed by atoms with Crippen molar-refractivity contribution >= 4 is 24.9 Å². The zero-order chi connectivity index (χ0) is 24.6. The molecule has 3 aromatic carbocycles. The first-order valence-electron chi connectivity index (χ1n) is 10.8. The monoisotopic (exact) mass is 526 g/mol. The Labute approximate surface area is 255 Å². The fraction of sp³-hybridized carbons (Fsp3) is 0.192. The molecule has 0 amide bonds. The summed E-state index contributed by atoms with van der Waals surface area (Å²) in [5, 5.41) is 10.6. The Morgan fingerprint density at radius 3 is 1.56 bits per heavy atom. The van der Waals surface area contributed by atoms with Crippen molar-refractivity contribution in [3.63, 3.8) is 0 Å². The molecule has 0 saturated heterocycles. The maximum atomic E-state index is 12.2. The number of carbonyl (C=O) groups is 1. The molecule has 1 atom stereocenters. The van der Waals surface area contributed by atoms with E-state index in [4.69, 9.17) is 13.8 Å². The molecular weight excluding hydrogens is 501 g/mol. The van der Waals surface area contributed by atoms with Crippen LogP contribution in [0.5, 0.6) is 17.2 Å². The molecule has 0 fully saturated rings. The second-order valence-electron chi connectivity index (χ2n) is 7.32. The standard InChI is InChI=1S/C26H27O7P.2Na/c1-3-24(19-10-14-21(15-11-19)31-18-26(27)28)25(4-2)20-12-16-23(17-13-20)33-34(29,30)32-22-8-6-5-7-9-22;;/h5-17H,3-4,18H2,1-2H3,(H,27,28)(H,29,30);;/q;2*+1/p-2/b25-24+;;. The second-order valence-corrected chi connectivity index (χ2v) is 8.58. The molecule has 10 heteroatoms. The average Bonchev–Trinajstić information content (AvgIpc) is 2.82. The van der Waals surface area contributed by atoms with Crippen LogP contribution in [0.15, 0.2) is 78.9 Å². The minimum absolute atomic E-state index is 0. The van der Waals surface area contributed by atoms with Gasteiger partial charge in [0.05, 0.1) is 5.97 Å². The van der Waals surface area contributed by atoms with Crippen molar-refractivity contribution in [1.82, 2.24) is 0 Å². The third-order valence-corrected chi connectivity index (χ3v) is 5.88. The summed E-state index contributed by atoms with van der Waals surface area (Å²) in [4.78, 5) is 22.8. The third-order valence-electron chi connectivity index (χ3n) is 5.01. The van der Waals surface area contributed by atoms with Gasteiger partial charge >= 0.3 is 66.9 Å². The number of hydrogen-bond acceptors (Lipinski definition) is 7. The zero-order valence-electron chi connectivity index (χ0n) is 20.9. The molecule has 36 heavy (non-hydrogen) atoms. The molecule has 0 aliphatic rings. The van der Waals surface area contributed by atoms with Gasteiger partial charge in [-0.15, -0.1) is 0 Å². The number of carbonyl (C=O) groups excluding carboxylic acids is 1. The molecule has 0 bridgehead atoms. The predicted octanol–water partition coefficient (Wildman–Crippen LogP) is -1.52. The fourth-order valence-electron chi connectivity index (χ4n) is 3.55. The third kappa shape index (κ3) is 9.73. The zero-order valence-corrected chi connectivity index (χ0v) is 25.8. The molecule has 3 aromatic rings. The number of carboxylic acid groups (broad SMARTS) is 1. The van der Waals surface area contributed by atoms with Gasteiger partial charge in [-0.2, -0.15) is 0 Å². The van der Waals surface area contributed by atoms with Gasteiger partial charge in [0.1, 0.15) is 23.9 Å². The van der Waals surface area contributed by atoms with Crippen LogP contribution in [0.1, 0.15) is 37.8 Å². The van der Waals surface area contributed by atoms with E-state index < -0.39 is 20.4 Å². The number of allylic oxidation sites excluding steroid dienone is 2. The van der Waals surface area contributed by atoms with Crippen LogP contribution >= 0.6 is 7.82 Å². The molecule has 178 valence electrons. The van der Waals surface area contributed by atoms with Crippen LogP contribution in [0, 0.1) is 0 Å². The van der Waals surface area contributed by atoms with Gasteiger partial charge in [0.15, 0.2) is 0 Å². The van der Waals surface area contributed by atoms with Crippen molar-refractivity contribution in [3.05, 3.63) is 90.0 Å². The Morgan fingerprint density at radius 1 is 0.722 bits per heavy atom. The van der Waals surface area contributed by atoms with Gasteiger partial charge in [0, 0.05) is 0 Å². The molecule has 0 saturated carbocycles. The number of carboxylic acids is 1. The number of ether oxygens (including phenoxy) is 1. The van der Waals surface area contributed by atoms with Crippen molar-refractivity contribution in [2.75, 3.05) is 6.61 Å². The molecule has 0 N–H and O–H groups in total. The average molecular weight is 526 g/mol. The first-order valence-corrected chi connectivity index (χ1v) is 12.3. The van der Waals surface area contributed by atoms with Gasteiger partial charge in [0.25, 0.3) is 0 Å². The molecule has 0 aliphatic carbocycles. The fourth-order valence-corrected chi connectivity index (χ4v) is 4.35. The molecule has 0 aromatic heterocycles. The van der Waals surface area contributed by atoms with Gasteiger partial charge in [-0.25, -0.2) is 4.57 Å². The second kappa shape index (κ2) is 15.7. The normalized spacial score (nSPS) is 12.6. The number of rotatable bonds is 11. The van der Waals surface area contributed by atoms with E-state index in [9.17, 15) is 19.4 Å². The number of phosphoric acid groups is 1. The molecule has 1 unspecified atom stereocenters. The van der Waals surface area contributed by atoms with Crippen LogP contribution in [-0.4, -0.2) is 12.6 Å². The summed E-state index contributed by atoms with van der Waals surface area (Å²) in [6.45, 7) is 3.60. The van der Waals surface area contributed by atoms with E-state index in [1.165, 1.54) is 12.1 Å². The van der Waals surface area contributed by atoms with Crippen molar-refractivity contribution in [2.24, 2.45) is 0 Å². The van der Waals surface area contributed by atoms with E-state index in [-0.39, 0.29) is 70.6 Å². The van der Waals surface area contributed by atoms with Gasteiger partial charge in [-0.3, -0.25) is 0 Å². The number of aliphatic carboxylic acids is 1. The summed E-state index contributed by atoms with van der Waals surface area (Å²) in [6, 6.07) is 22.2. The summed E-state index contributed by atoms with van der Waals surface area (Å²) in [5.74, 6) is -0.500. The Hall–Kier alpha value is -1.54. The van der Waals surface area contributed by atoms with E-state index >= 15 is 0 Å². The molecule has 7 nitrogen and oxygen atoms in total. The van der Waals surface area contributed by atoms with Crippen LogP contribution in [0.3, 0.4) is 0 Å². The number of benzene rings is 3. The van der Waals surface area contributed by atoms with Gasteiger partial charge in [0.2, 0.25) is 0 Å². The van der Waals surface area contributed by atoms with Gasteiger partial charge in [-0.1, -0.05) is 56.3 Å². The molecule has 0 spiro atoms. The minimum Gasteiger partial charge on any atom is -0.736 e. The Morgan fingerprint density at radius 2 is 1.14 bits per heavy atom. The van der Waals surface area contributed by atoms with Crippen LogP contribution in [-0.2, 0) is 9.36 Å². The van der Waals surface area contributed by atoms with Gasteiger partial charge in [-0.05, 0) is 71.5 Å². The van der Waals surface area contributed by atoms with Crippen molar-refractivity contribution in [1.29, 1.82) is 0 Å². The molecule has 0 radical (unpaired) electrons. The summed E-state index contributed by atoms with van der Waals surface area (Å²) >= 11 is 0. The van der Waals surface area contributed by atoms with E-state index in [0.29, 0.717) is 5.75 Å². The molecule has 0 heterocycles. The first kappa shape index (κ1) is 32.5. The number of para-hydroxylation sites is 1. The maximum absolute atomic E-state index is 12.2. The molecule has 3 rings (SSSR count). The minimum atomic E-state index is -4.59. The Bertz CT molecular complexity index is 1180. The smallest absolute Gasteiger partial charge is 0.736 e. The van der Waals surface area contributed by atoms with E-state index in [1.807, 2.05) is 31.2 Å². The topological polar surface area (TPSA) is 108 Å². The first-order chi connectivity index (χ1) is 16.3. The summed E-state index contributed by atoms with van der Waals surface area (Å²) in [6.07, 6.45) is 1.52. The summed E-state index contributed by atoms with van der Waals surface area (Å²) < 4.78 is 27.5. The van der Waals surface area contributed by atoms with Crippen molar-refractivity contribution in [3.8, 4) is 17.2 Å². The molecular formula is C26H25Na2O7P. The van der Waals surface area contributed by atoms with Crippen LogP contribution in [0.25, 0.3) is 11.1 Å². The van der Waals surface area contributed by atoms with Crippen LogP contribution < -0.4 is 82.9 Å². The molecule has 0 aliphatic heterocycles. The summed E-state index contributed by atoms with van der Waals surface area (Å²) in [5.41, 5.74) is 4.14. The predicted molar refractivity (Wildman–Crippen MR) is 126 cm³/mol. The maximum Gasteiger partial charge on any atom is 1.00 e. The van der Waals surface area contributed by atoms with E-state index in [1.54, 1.807) is 42.5 Å². The van der Waals surface area contributed by atoms with Gasteiger partial charge < -0.3 is 28.6 Å². The Balaban J connectivity index is 0.00000324. The van der Waals surface area contributed by atoms with Crippen LogP contribution in [0.2, 0.25) is 0 Å². The van der Waals surface area contributed by atoms with Crippen molar-refractivity contribution in [2.45, 2.75) is 26.7 Å². The summed E-state index contributed by atoms with van der Waals surface area (Å²) in [7, 11) is -4.59. The van der Waals surface area contributed by atoms with Crippen LogP contribution in [0.4, 0.5) is 0 Å². The number of phosphoric ester groups is 1. The van der Waals surface area contributed by atoms with E-state index in [2.05, 4.69) is 6.92 Å². The van der Waals surface area contributed by atoms with E-state index in [0.717, 1.165) is 35.1 Å². The Kier molecular flexibility index (Phi) is 14.1. The largest absolute Gasteiger partial charge is 1.00 e. The quantitative estimate of drug-likeness (QED) is 0.170. The SMILES string of the molecule is CC/C(=C(/CC)c1ccc(OP(=O)([O-])Oc2ccccc2)cc1)c1ccc(OCC(=O)[O-])cc1.[Na+].[Na+]. The number of hydrogen-bond donors (Lipinski definition) is 0.